The van der Waals surface area contributed by atoms with Gasteiger partial charge in [-0.3, -0.25) is 0 Å². The summed E-state index contributed by atoms with van der Waals surface area (Å²) in [4.78, 5) is 8.44. The minimum Gasteiger partial charge on any atom is -0.385 e. The van der Waals surface area contributed by atoms with Crippen molar-refractivity contribution >= 4 is 5.82 Å². The fourth-order valence-electron chi connectivity index (χ4n) is 1.65. The van der Waals surface area contributed by atoms with E-state index in [0.717, 1.165) is 50.3 Å². The zero-order valence-corrected chi connectivity index (χ0v) is 10.9. The molecular formula is C13H23N3O. The van der Waals surface area contributed by atoms with Crippen LogP contribution in [0.15, 0.2) is 12.4 Å². The summed E-state index contributed by atoms with van der Waals surface area (Å²) in [5.41, 5.74) is 1.12. The predicted octanol–water partition coefficient (Wildman–Crippen LogP) is 2.66. The second-order valence-corrected chi connectivity index (χ2v) is 4.12. The van der Waals surface area contributed by atoms with Gasteiger partial charge in [0.05, 0.1) is 0 Å². The van der Waals surface area contributed by atoms with Crippen molar-refractivity contribution in [1.29, 1.82) is 0 Å². The molecule has 0 aliphatic heterocycles. The van der Waals surface area contributed by atoms with Gasteiger partial charge in [0.15, 0.2) is 0 Å². The molecule has 0 saturated carbocycles. The molecule has 0 fully saturated rings. The van der Waals surface area contributed by atoms with E-state index in [9.17, 15) is 0 Å². The lowest BCUT2D eigenvalue weighted by molar-refractivity contribution is 0.192. The van der Waals surface area contributed by atoms with Crippen LogP contribution in [0.4, 0.5) is 5.82 Å². The number of hydrogen-bond acceptors (Lipinski definition) is 4. The van der Waals surface area contributed by atoms with E-state index in [2.05, 4.69) is 22.2 Å². The van der Waals surface area contributed by atoms with E-state index in [1.165, 1.54) is 6.42 Å². The van der Waals surface area contributed by atoms with Crippen LogP contribution in [-0.2, 0) is 11.2 Å². The van der Waals surface area contributed by atoms with Crippen LogP contribution in [0.25, 0.3) is 0 Å². The monoisotopic (exact) mass is 237 g/mol. The highest BCUT2D eigenvalue weighted by Gasteiger charge is 1.97. The summed E-state index contributed by atoms with van der Waals surface area (Å²) in [6, 6.07) is 2.04. The summed E-state index contributed by atoms with van der Waals surface area (Å²) in [5.74, 6) is 0.940. The van der Waals surface area contributed by atoms with Gasteiger partial charge in [-0.2, -0.15) is 0 Å². The van der Waals surface area contributed by atoms with Crippen molar-refractivity contribution in [2.75, 3.05) is 25.6 Å². The van der Waals surface area contributed by atoms with E-state index in [1.807, 2.05) is 6.07 Å². The second kappa shape index (κ2) is 8.93. The number of aromatic nitrogens is 2. The van der Waals surface area contributed by atoms with E-state index in [0.29, 0.717) is 0 Å². The molecule has 0 aliphatic carbocycles. The maximum atomic E-state index is 5.01. The van der Waals surface area contributed by atoms with Gasteiger partial charge in [-0.1, -0.05) is 13.3 Å². The Kier molecular flexibility index (Phi) is 7.30. The average Bonchev–Trinajstić information content (AvgIpc) is 2.35. The van der Waals surface area contributed by atoms with Crippen LogP contribution in [-0.4, -0.2) is 30.2 Å². The molecule has 1 rings (SSSR count). The van der Waals surface area contributed by atoms with Gasteiger partial charge in [0.1, 0.15) is 12.1 Å². The molecule has 0 amide bonds. The summed E-state index contributed by atoms with van der Waals surface area (Å²) in [6.07, 6.45) is 7.24. The van der Waals surface area contributed by atoms with Crippen molar-refractivity contribution in [2.45, 2.75) is 39.0 Å². The highest BCUT2D eigenvalue weighted by Crippen LogP contribution is 2.06. The van der Waals surface area contributed by atoms with Crippen molar-refractivity contribution in [3.63, 3.8) is 0 Å². The predicted molar refractivity (Wildman–Crippen MR) is 70.2 cm³/mol. The highest BCUT2D eigenvalue weighted by molar-refractivity contribution is 5.34. The fourth-order valence-corrected chi connectivity index (χ4v) is 1.65. The molecule has 1 aromatic rings. The van der Waals surface area contributed by atoms with Crippen LogP contribution in [0.2, 0.25) is 0 Å². The van der Waals surface area contributed by atoms with E-state index in [4.69, 9.17) is 4.74 Å². The van der Waals surface area contributed by atoms with Crippen LogP contribution in [0.3, 0.4) is 0 Å². The molecular weight excluding hydrogens is 214 g/mol. The summed E-state index contributed by atoms with van der Waals surface area (Å²) in [7, 11) is 1.74. The van der Waals surface area contributed by atoms with Crippen LogP contribution in [0.5, 0.6) is 0 Å². The Bertz CT molecular complexity index is 304. The molecule has 0 aliphatic rings. The lowest BCUT2D eigenvalue weighted by atomic mass is 10.2. The van der Waals surface area contributed by atoms with E-state index in [-0.39, 0.29) is 0 Å². The van der Waals surface area contributed by atoms with Crippen molar-refractivity contribution in [3.8, 4) is 0 Å². The SMILES string of the molecule is CCCc1cc(NCCCCCOC)ncn1. The molecule has 0 unspecified atom stereocenters. The summed E-state index contributed by atoms with van der Waals surface area (Å²) in [5, 5.41) is 3.33. The third kappa shape index (κ3) is 6.22. The Morgan fingerprint density at radius 1 is 1.24 bits per heavy atom. The third-order valence-corrected chi connectivity index (χ3v) is 2.56. The minimum atomic E-state index is 0.855. The number of ether oxygens (including phenoxy) is 1. The number of anilines is 1. The Balaban J connectivity index is 2.19. The Morgan fingerprint density at radius 3 is 2.88 bits per heavy atom. The van der Waals surface area contributed by atoms with Crippen molar-refractivity contribution in [2.24, 2.45) is 0 Å². The molecule has 96 valence electrons. The molecule has 0 saturated heterocycles. The molecule has 0 aromatic carbocycles. The average molecular weight is 237 g/mol. The molecule has 0 spiro atoms. The van der Waals surface area contributed by atoms with Gasteiger partial charge in [-0.25, -0.2) is 9.97 Å². The first-order chi connectivity index (χ1) is 8.36. The normalized spacial score (nSPS) is 10.5. The maximum absolute atomic E-state index is 5.01. The fraction of sp³-hybridized carbons (Fsp3) is 0.692. The van der Waals surface area contributed by atoms with Crippen molar-refractivity contribution < 1.29 is 4.74 Å². The molecule has 1 aromatic heterocycles. The topological polar surface area (TPSA) is 47.0 Å². The first kappa shape index (κ1) is 13.9. The number of unbranched alkanes of at least 4 members (excludes halogenated alkanes) is 2. The number of methoxy groups -OCH3 is 1. The van der Waals surface area contributed by atoms with Gasteiger partial charge in [-0.15, -0.1) is 0 Å². The number of hydrogen-bond donors (Lipinski definition) is 1. The summed E-state index contributed by atoms with van der Waals surface area (Å²) in [6.45, 7) is 3.98. The number of aryl methyl sites for hydroxylation is 1. The number of rotatable bonds is 9. The molecule has 1 N–H and O–H groups in total. The van der Waals surface area contributed by atoms with Crippen LogP contribution < -0.4 is 5.32 Å². The van der Waals surface area contributed by atoms with Gasteiger partial charge in [-0.05, 0) is 25.7 Å². The van der Waals surface area contributed by atoms with E-state index < -0.39 is 0 Å². The number of nitrogens with one attached hydrogen (secondary N) is 1. The van der Waals surface area contributed by atoms with Gasteiger partial charge in [0.2, 0.25) is 0 Å². The number of nitrogens with zero attached hydrogens (tertiary/aromatic N) is 2. The van der Waals surface area contributed by atoms with Gasteiger partial charge < -0.3 is 10.1 Å². The van der Waals surface area contributed by atoms with Crippen molar-refractivity contribution in [3.05, 3.63) is 18.1 Å². The zero-order chi connectivity index (χ0) is 12.3. The molecule has 0 atom stereocenters. The molecule has 4 heteroatoms. The van der Waals surface area contributed by atoms with Crippen LogP contribution in [0, 0.1) is 0 Å². The minimum absolute atomic E-state index is 0.855. The van der Waals surface area contributed by atoms with Crippen molar-refractivity contribution in [1.82, 2.24) is 9.97 Å². The smallest absolute Gasteiger partial charge is 0.129 e. The van der Waals surface area contributed by atoms with Gasteiger partial charge in [0, 0.05) is 32.0 Å². The first-order valence-corrected chi connectivity index (χ1v) is 6.40. The highest BCUT2D eigenvalue weighted by atomic mass is 16.5. The van der Waals surface area contributed by atoms with E-state index >= 15 is 0 Å². The molecule has 17 heavy (non-hydrogen) atoms. The molecule has 0 radical (unpaired) electrons. The lowest BCUT2D eigenvalue weighted by Crippen LogP contribution is -2.05. The second-order valence-electron chi connectivity index (χ2n) is 4.12. The molecule has 0 bridgehead atoms. The Labute approximate surface area is 104 Å². The zero-order valence-electron chi connectivity index (χ0n) is 10.9. The van der Waals surface area contributed by atoms with Crippen LogP contribution in [0.1, 0.15) is 38.3 Å². The first-order valence-electron chi connectivity index (χ1n) is 6.40. The maximum Gasteiger partial charge on any atom is 0.129 e. The van der Waals surface area contributed by atoms with E-state index in [1.54, 1.807) is 13.4 Å². The lowest BCUT2D eigenvalue weighted by Gasteiger charge is -2.06. The Morgan fingerprint density at radius 2 is 2.12 bits per heavy atom. The largest absolute Gasteiger partial charge is 0.385 e. The molecule has 4 nitrogen and oxygen atoms in total. The van der Waals surface area contributed by atoms with Gasteiger partial charge in [0.25, 0.3) is 0 Å². The van der Waals surface area contributed by atoms with Gasteiger partial charge >= 0.3 is 0 Å². The molecule has 1 heterocycles. The summed E-state index contributed by atoms with van der Waals surface area (Å²) >= 11 is 0. The quantitative estimate of drug-likeness (QED) is 0.671. The summed E-state index contributed by atoms with van der Waals surface area (Å²) < 4.78 is 5.01. The standard InChI is InChI=1S/C13H23N3O/c1-3-7-12-10-13(16-11-15-12)14-8-5-4-6-9-17-2/h10-11H,3-9H2,1-2H3,(H,14,15,16). The Hall–Kier alpha value is -1.16. The van der Waals surface area contributed by atoms with Crippen LogP contribution >= 0.6 is 0 Å². The third-order valence-electron chi connectivity index (χ3n) is 2.56.